The number of benzene rings is 1. The Labute approximate surface area is 156 Å². The first-order valence-corrected chi connectivity index (χ1v) is 8.97. The van der Waals surface area contributed by atoms with Crippen molar-refractivity contribution >= 4 is 17.5 Å². The number of aromatic nitrogens is 3. The van der Waals surface area contributed by atoms with Crippen LogP contribution in [0.15, 0.2) is 47.3 Å². The summed E-state index contributed by atoms with van der Waals surface area (Å²) in [4.78, 5) is 23.2. The highest BCUT2D eigenvalue weighted by Gasteiger charge is 2.35. The van der Waals surface area contributed by atoms with Crippen molar-refractivity contribution in [2.75, 3.05) is 6.54 Å². The molecule has 0 N–H and O–H groups in total. The minimum atomic E-state index is -0.146. The molecule has 1 aliphatic rings. The second kappa shape index (κ2) is 6.96. The highest BCUT2D eigenvalue weighted by molar-refractivity contribution is 6.30. The van der Waals surface area contributed by atoms with Crippen molar-refractivity contribution in [1.29, 1.82) is 0 Å². The topological polar surface area (TPSA) is 64.2 Å². The van der Waals surface area contributed by atoms with Gasteiger partial charge in [0.2, 0.25) is 5.89 Å². The fraction of sp³-hybridized carbons (Fsp3) is 0.316. The van der Waals surface area contributed by atoms with Crippen LogP contribution >= 0.6 is 11.6 Å². The number of aryl methyl sites for hydroxylation is 1. The van der Waals surface area contributed by atoms with E-state index in [1.54, 1.807) is 28.1 Å². The van der Waals surface area contributed by atoms with Gasteiger partial charge in [0.05, 0.1) is 6.20 Å². The molecule has 1 atom stereocenters. The van der Waals surface area contributed by atoms with Crippen LogP contribution in [0.25, 0.3) is 0 Å². The van der Waals surface area contributed by atoms with Gasteiger partial charge in [0.1, 0.15) is 11.8 Å². The number of carbonyl (C=O) groups is 1. The standard InChI is InChI=1S/C19H19ClN4O2/c1-23-9-7-21-17(23)19(25)24-8-3-6-16(24)18-22-12-15(26-18)11-13-4-2-5-14(20)10-13/h2,4-5,7,9-10,12,16H,3,6,8,11H2,1H3. The Kier molecular flexibility index (Phi) is 4.51. The van der Waals surface area contributed by atoms with Crippen LogP contribution in [-0.4, -0.2) is 31.9 Å². The average molecular weight is 371 g/mol. The maximum atomic E-state index is 12.8. The fourth-order valence-corrected chi connectivity index (χ4v) is 3.59. The molecule has 0 aliphatic carbocycles. The van der Waals surface area contributed by atoms with E-state index in [9.17, 15) is 4.79 Å². The normalized spacial score (nSPS) is 17.0. The molecular weight excluding hydrogens is 352 g/mol. The van der Waals surface area contributed by atoms with Crippen LogP contribution in [0.1, 0.15) is 46.7 Å². The summed E-state index contributed by atoms with van der Waals surface area (Å²) in [5.74, 6) is 1.69. The molecule has 3 heterocycles. The third kappa shape index (κ3) is 3.24. The third-order valence-corrected chi connectivity index (χ3v) is 4.89. The first-order chi connectivity index (χ1) is 12.6. The predicted octanol–water partition coefficient (Wildman–Crippen LogP) is 3.63. The summed E-state index contributed by atoms with van der Waals surface area (Å²) in [6.45, 7) is 0.683. The largest absolute Gasteiger partial charge is 0.443 e. The number of likely N-dealkylation sites (tertiary alicyclic amines) is 1. The number of imidazole rings is 1. The van der Waals surface area contributed by atoms with Gasteiger partial charge in [-0.1, -0.05) is 23.7 Å². The summed E-state index contributed by atoms with van der Waals surface area (Å²) in [5.41, 5.74) is 1.06. The van der Waals surface area contributed by atoms with E-state index in [-0.39, 0.29) is 11.9 Å². The van der Waals surface area contributed by atoms with Crippen LogP contribution in [-0.2, 0) is 13.5 Å². The Balaban J connectivity index is 1.53. The minimum Gasteiger partial charge on any atom is -0.443 e. The van der Waals surface area contributed by atoms with Crippen molar-refractivity contribution in [3.63, 3.8) is 0 Å². The third-order valence-electron chi connectivity index (χ3n) is 4.65. The molecule has 0 bridgehead atoms. The number of rotatable bonds is 4. The van der Waals surface area contributed by atoms with Gasteiger partial charge in [-0.25, -0.2) is 9.97 Å². The summed E-state index contributed by atoms with van der Waals surface area (Å²) in [6.07, 6.45) is 7.52. The van der Waals surface area contributed by atoms with Gasteiger partial charge in [0, 0.05) is 37.4 Å². The second-order valence-electron chi connectivity index (χ2n) is 6.49. The molecule has 3 aromatic rings. The number of hydrogen-bond donors (Lipinski definition) is 0. The van der Waals surface area contributed by atoms with E-state index in [1.807, 2.05) is 31.3 Å². The molecule has 1 fully saturated rings. The Hall–Kier alpha value is -2.60. The zero-order valence-corrected chi connectivity index (χ0v) is 15.2. The van der Waals surface area contributed by atoms with Crippen LogP contribution in [0, 0.1) is 0 Å². The molecule has 1 unspecified atom stereocenters. The number of carbonyl (C=O) groups excluding carboxylic acids is 1. The lowest BCUT2D eigenvalue weighted by Crippen LogP contribution is -2.32. The molecular formula is C19H19ClN4O2. The van der Waals surface area contributed by atoms with E-state index in [2.05, 4.69) is 9.97 Å². The number of halogens is 1. The van der Waals surface area contributed by atoms with E-state index < -0.39 is 0 Å². The Morgan fingerprint density at radius 1 is 1.38 bits per heavy atom. The molecule has 1 aliphatic heterocycles. The molecule has 6 nitrogen and oxygen atoms in total. The molecule has 0 saturated carbocycles. The first-order valence-electron chi connectivity index (χ1n) is 8.59. The van der Waals surface area contributed by atoms with Crippen molar-refractivity contribution < 1.29 is 9.21 Å². The molecule has 134 valence electrons. The quantitative estimate of drug-likeness (QED) is 0.703. The van der Waals surface area contributed by atoms with Crippen molar-refractivity contribution in [2.24, 2.45) is 7.05 Å². The highest BCUT2D eigenvalue weighted by Crippen LogP contribution is 2.33. The van der Waals surface area contributed by atoms with Crippen LogP contribution < -0.4 is 0 Å². The summed E-state index contributed by atoms with van der Waals surface area (Å²) < 4.78 is 7.70. The van der Waals surface area contributed by atoms with Crippen molar-refractivity contribution in [2.45, 2.75) is 25.3 Å². The SMILES string of the molecule is Cn1ccnc1C(=O)N1CCCC1c1ncc(Cc2cccc(Cl)c2)o1. The first kappa shape index (κ1) is 16.8. The molecule has 4 rings (SSSR count). The number of amides is 1. The van der Waals surface area contributed by atoms with Gasteiger partial charge >= 0.3 is 0 Å². The lowest BCUT2D eigenvalue weighted by Gasteiger charge is -2.21. The molecule has 0 radical (unpaired) electrons. The summed E-state index contributed by atoms with van der Waals surface area (Å²) >= 11 is 6.04. The lowest BCUT2D eigenvalue weighted by molar-refractivity contribution is 0.0698. The Morgan fingerprint density at radius 3 is 3.04 bits per heavy atom. The van der Waals surface area contributed by atoms with E-state index in [4.69, 9.17) is 16.0 Å². The van der Waals surface area contributed by atoms with Crippen LogP contribution in [0.4, 0.5) is 0 Å². The minimum absolute atomic E-state index is 0.0883. The number of oxazole rings is 1. The van der Waals surface area contributed by atoms with E-state index >= 15 is 0 Å². The van der Waals surface area contributed by atoms with Gasteiger partial charge in [-0.05, 0) is 30.5 Å². The molecule has 2 aromatic heterocycles. The van der Waals surface area contributed by atoms with Crippen LogP contribution in [0.5, 0.6) is 0 Å². The lowest BCUT2D eigenvalue weighted by atomic mass is 10.1. The molecule has 1 aromatic carbocycles. The van der Waals surface area contributed by atoms with Crippen molar-refractivity contribution in [3.05, 3.63) is 70.9 Å². The monoisotopic (exact) mass is 370 g/mol. The Morgan fingerprint density at radius 2 is 2.27 bits per heavy atom. The van der Waals surface area contributed by atoms with Gasteiger partial charge in [-0.15, -0.1) is 0 Å². The molecule has 26 heavy (non-hydrogen) atoms. The van der Waals surface area contributed by atoms with E-state index in [1.165, 1.54) is 0 Å². The number of hydrogen-bond acceptors (Lipinski definition) is 4. The zero-order valence-electron chi connectivity index (χ0n) is 14.4. The van der Waals surface area contributed by atoms with Gasteiger partial charge in [-0.2, -0.15) is 0 Å². The van der Waals surface area contributed by atoms with Crippen molar-refractivity contribution in [3.8, 4) is 0 Å². The summed E-state index contributed by atoms with van der Waals surface area (Å²) in [6, 6.07) is 7.53. The van der Waals surface area contributed by atoms with Gasteiger partial charge in [0.25, 0.3) is 5.91 Å². The van der Waals surface area contributed by atoms with Crippen LogP contribution in [0.3, 0.4) is 0 Å². The fourth-order valence-electron chi connectivity index (χ4n) is 3.37. The van der Waals surface area contributed by atoms with Gasteiger partial charge in [-0.3, -0.25) is 4.79 Å². The maximum absolute atomic E-state index is 12.8. The predicted molar refractivity (Wildman–Crippen MR) is 97.0 cm³/mol. The maximum Gasteiger partial charge on any atom is 0.290 e. The summed E-state index contributed by atoms with van der Waals surface area (Å²) in [7, 11) is 1.82. The van der Waals surface area contributed by atoms with Crippen molar-refractivity contribution in [1.82, 2.24) is 19.4 Å². The van der Waals surface area contributed by atoms with E-state index in [0.717, 1.165) is 24.2 Å². The van der Waals surface area contributed by atoms with Gasteiger partial charge < -0.3 is 13.9 Å². The second-order valence-corrected chi connectivity index (χ2v) is 6.93. The molecule has 1 saturated heterocycles. The molecule has 0 spiro atoms. The highest BCUT2D eigenvalue weighted by atomic mass is 35.5. The Bertz CT molecular complexity index is 933. The molecule has 1 amide bonds. The molecule has 7 heteroatoms. The van der Waals surface area contributed by atoms with Crippen LogP contribution in [0.2, 0.25) is 5.02 Å². The smallest absolute Gasteiger partial charge is 0.290 e. The zero-order chi connectivity index (χ0) is 18.1. The van der Waals surface area contributed by atoms with Gasteiger partial charge in [0.15, 0.2) is 5.82 Å². The van der Waals surface area contributed by atoms with E-state index in [0.29, 0.717) is 29.7 Å². The summed E-state index contributed by atoms with van der Waals surface area (Å²) in [5, 5.41) is 0.699. The number of nitrogens with zero attached hydrogens (tertiary/aromatic N) is 4. The average Bonchev–Trinajstić information content (AvgIpc) is 3.34.